The number of hydrogen-bond acceptors (Lipinski definition) is 4. The van der Waals surface area contributed by atoms with Crippen LogP contribution in [-0.2, 0) is 4.74 Å². The van der Waals surface area contributed by atoms with E-state index in [1.807, 2.05) is 0 Å². The van der Waals surface area contributed by atoms with Crippen molar-refractivity contribution in [3.8, 4) is 0 Å². The molecule has 0 aromatic heterocycles. The number of aliphatic hydroxyl groups excluding tert-OH is 2. The van der Waals surface area contributed by atoms with Gasteiger partial charge >= 0.3 is 5.92 Å². The van der Waals surface area contributed by atoms with Gasteiger partial charge in [-0.15, -0.1) is 0 Å². The van der Waals surface area contributed by atoms with Gasteiger partial charge in [-0.25, -0.2) is 0 Å². The summed E-state index contributed by atoms with van der Waals surface area (Å²) in [6.45, 7) is -0.877. The van der Waals surface area contributed by atoms with Gasteiger partial charge in [0, 0.05) is 0 Å². The highest BCUT2D eigenvalue weighted by Gasteiger charge is 2.57. The standard InChI is InChI=1S/C5H8F2O4/c6-5(7)3(9)2(1-8)11-4(5)10/h2-4,8-10H,1H2/t2-,3-,4?/m1/s1/i4D. The van der Waals surface area contributed by atoms with Crippen molar-refractivity contribution in [2.75, 3.05) is 6.61 Å². The molecule has 1 heterocycles. The van der Waals surface area contributed by atoms with Gasteiger partial charge in [0.15, 0.2) is 6.10 Å². The van der Waals surface area contributed by atoms with Crippen molar-refractivity contribution < 1.29 is 30.2 Å². The maximum absolute atomic E-state index is 12.6. The Morgan fingerprint density at radius 3 is 2.27 bits per heavy atom. The number of rotatable bonds is 1. The van der Waals surface area contributed by atoms with E-state index in [0.717, 1.165) is 0 Å². The fourth-order valence-corrected chi connectivity index (χ4v) is 0.783. The van der Waals surface area contributed by atoms with Crippen molar-refractivity contribution in [2.24, 2.45) is 0 Å². The van der Waals surface area contributed by atoms with Gasteiger partial charge in [-0.05, 0) is 0 Å². The van der Waals surface area contributed by atoms with Gasteiger partial charge in [0.25, 0.3) is 0 Å². The molecule has 1 aliphatic heterocycles. The van der Waals surface area contributed by atoms with Crippen molar-refractivity contribution >= 4 is 0 Å². The molecule has 0 aliphatic carbocycles. The molecule has 0 aromatic carbocycles. The van der Waals surface area contributed by atoms with Crippen molar-refractivity contribution in [3.63, 3.8) is 0 Å². The molecule has 3 N–H and O–H groups in total. The van der Waals surface area contributed by atoms with Crippen LogP contribution in [0.3, 0.4) is 0 Å². The number of alkyl halides is 2. The Bertz CT molecular complexity index is 186. The van der Waals surface area contributed by atoms with E-state index < -0.39 is 31.0 Å². The molecule has 0 radical (unpaired) electrons. The van der Waals surface area contributed by atoms with Gasteiger partial charge in [-0.2, -0.15) is 8.78 Å². The molecule has 1 saturated heterocycles. The summed E-state index contributed by atoms with van der Waals surface area (Å²) in [5.74, 6) is -4.08. The largest absolute Gasteiger partial charge is 0.394 e. The predicted octanol–water partition coefficient (Wildman–Crippen LogP) is -1.31. The molecule has 3 atom stereocenters. The Labute approximate surface area is 62.4 Å². The number of hydrogen-bond donors (Lipinski definition) is 3. The van der Waals surface area contributed by atoms with Crippen LogP contribution in [0.2, 0.25) is 0 Å². The van der Waals surface area contributed by atoms with E-state index in [1.54, 1.807) is 0 Å². The lowest BCUT2D eigenvalue weighted by Crippen LogP contribution is -2.40. The van der Waals surface area contributed by atoms with E-state index in [9.17, 15) is 8.78 Å². The number of aliphatic hydroxyl groups is 3. The molecule has 1 fully saturated rings. The summed E-state index contributed by atoms with van der Waals surface area (Å²) in [4.78, 5) is 0. The minimum atomic E-state index is -4.08. The highest BCUT2D eigenvalue weighted by molar-refractivity contribution is 4.92. The Hall–Kier alpha value is -0.300. The van der Waals surface area contributed by atoms with Gasteiger partial charge in [0.2, 0.25) is 6.27 Å². The predicted molar refractivity (Wildman–Crippen MR) is 28.9 cm³/mol. The zero-order valence-corrected chi connectivity index (χ0v) is 5.37. The first-order chi connectivity index (χ1) is 5.33. The molecule has 6 heteroatoms. The third-order valence-corrected chi connectivity index (χ3v) is 1.45. The van der Waals surface area contributed by atoms with Crippen molar-refractivity contribution in [3.05, 3.63) is 0 Å². The minimum Gasteiger partial charge on any atom is -0.394 e. The molecule has 1 rings (SSSR count). The maximum Gasteiger partial charge on any atom is 0.325 e. The van der Waals surface area contributed by atoms with Gasteiger partial charge in [-0.1, -0.05) is 0 Å². The van der Waals surface area contributed by atoms with E-state index >= 15 is 0 Å². The van der Waals surface area contributed by atoms with Crippen molar-refractivity contribution in [1.29, 1.82) is 0 Å². The lowest BCUT2D eigenvalue weighted by atomic mass is 10.1. The van der Waals surface area contributed by atoms with E-state index in [4.69, 9.17) is 16.7 Å². The van der Waals surface area contributed by atoms with Crippen LogP contribution in [0.25, 0.3) is 0 Å². The minimum absolute atomic E-state index is 0.877. The quantitative estimate of drug-likeness (QED) is 0.458. The molecule has 0 bridgehead atoms. The second-order valence-corrected chi connectivity index (χ2v) is 2.21. The summed E-state index contributed by atoms with van der Waals surface area (Å²) in [7, 11) is 0. The summed E-state index contributed by atoms with van der Waals surface area (Å²) in [5, 5.41) is 25.7. The molecular formula is C5H8F2O4. The Kier molecular flexibility index (Phi) is 1.76. The summed E-state index contributed by atoms with van der Waals surface area (Å²) in [6, 6.07) is 0. The van der Waals surface area contributed by atoms with Crippen LogP contribution >= 0.6 is 0 Å². The average Bonchev–Trinajstić information content (AvgIpc) is 2.11. The zero-order valence-electron chi connectivity index (χ0n) is 6.37. The molecular weight excluding hydrogens is 162 g/mol. The van der Waals surface area contributed by atoms with Crippen molar-refractivity contribution in [2.45, 2.75) is 24.4 Å². The van der Waals surface area contributed by atoms with Crippen molar-refractivity contribution in [1.82, 2.24) is 0 Å². The molecule has 66 valence electrons. The van der Waals surface area contributed by atoms with Crippen LogP contribution in [0.1, 0.15) is 1.37 Å². The van der Waals surface area contributed by atoms with Crippen LogP contribution in [0.15, 0.2) is 0 Å². The molecule has 1 aliphatic rings. The second-order valence-electron chi connectivity index (χ2n) is 2.21. The van der Waals surface area contributed by atoms with E-state index in [0.29, 0.717) is 0 Å². The molecule has 0 spiro atoms. The third kappa shape index (κ3) is 1.22. The maximum atomic E-state index is 12.6. The summed E-state index contributed by atoms with van der Waals surface area (Å²) in [6.07, 6.45) is -7.44. The van der Waals surface area contributed by atoms with Gasteiger partial charge in [0.05, 0.1) is 7.98 Å². The fraction of sp³-hybridized carbons (Fsp3) is 1.00. The normalized spacial score (nSPS) is 50.8. The van der Waals surface area contributed by atoms with Crippen LogP contribution in [0.5, 0.6) is 0 Å². The van der Waals surface area contributed by atoms with E-state index in [2.05, 4.69) is 4.74 Å². The first-order valence-electron chi connectivity index (χ1n) is 3.40. The van der Waals surface area contributed by atoms with Crippen LogP contribution in [0, 0.1) is 0 Å². The smallest absolute Gasteiger partial charge is 0.325 e. The summed E-state index contributed by atoms with van der Waals surface area (Å²) >= 11 is 0. The van der Waals surface area contributed by atoms with Gasteiger partial charge in [0.1, 0.15) is 6.10 Å². The molecule has 0 aromatic rings. The second kappa shape index (κ2) is 2.63. The lowest BCUT2D eigenvalue weighted by molar-refractivity contribution is -0.198. The van der Waals surface area contributed by atoms with Gasteiger partial charge < -0.3 is 20.1 Å². The summed E-state index contributed by atoms with van der Waals surface area (Å²) < 4.78 is 35.8. The Morgan fingerprint density at radius 1 is 1.55 bits per heavy atom. The third-order valence-electron chi connectivity index (χ3n) is 1.45. The first kappa shape index (κ1) is 7.35. The lowest BCUT2D eigenvalue weighted by Gasteiger charge is -2.14. The SMILES string of the molecule is [2H]C1(O)O[C@H](CO)[C@@H](O)C1(F)F. The van der Waals surface area contributed by atoms with Crippen LogP contribution in [-0.4, -0.2) is 46.3 Å². The molecule has 0 saturated carbocycles. The summed E-state index contributed by atoms with van der Waals surface area (Å²) in [5.41, 5.74) is 0. The van der Waals surface area contributed by atoms with E-state index in [-0.39, 0.29) is 0 Å². The number of halogens is 2. The Morgan fingerprint density at radius 2 is 2.09 bits per heavy atom. The fourth-order valence-electron chi connectivity index (χ4n) is 0.783. The molecule has 1 unspecified atom stereocenters. The van der Waals surface area contributed by atoms with Crippen LogP contribution < -0.4 is 0 Å². The van der Waals surface area contributed by atoms with Crippen LogP contribution in [0.4, 0.5) is 8.78 Å². The Balaban J connectivity index is 2.88. The first-order valence-corrected chi connectivity index (χ1v) is 2.90. The molecule has 0 amide bonds. The topological polar surface area (TPSA) is 69.9 Å². The monoisotopic (exact) mass is 171 g/mol. The zero-order chi connectivity index (χ0) is 9.57. The highest BCUT2D eigenvalue weighted by Crippen LogP contribution is 2.34. The highest BCUT2D eigenvalue weighted by atomic mass is 19.3. The van der Waals surface area contributed by atoms with E-state index in [1.165, 1.54) is 0 Å². The van der Waals surface area contributed by atoms with Gasteiger partial charge in [-0.3, -0.25) is 0 Å². The number of ether oxygens (including phenoxy) is 1. The average molecular weight is 171 g/mol. The molecule has 4 nitrogen and oxygen atoms in total. The molecule has 11 heavy (non-hydrogen) atoms.